The molecule has 0 unspecified atom stereocenters. The van der Waals surface area contributed by atoms with E-state index in [0.29, 0.717) is 17.9 Å². The van der Waals surface area contributed by atoms with Crippen LogP contribution in [0.4, 0.5) is 0 Å². The van der Waals surface area contributed by atoms with E-state index in [4.69, 9.17) is 0 Å². The smallest absolute Gasteiger partial charge is 0.337 e. The number of rotatable bonds is 1. The van der Waals surface area contributed by atoms with Crippen molar-refractivity contribution in [2.45, 2.75) is 26.7 Å². The minimum absolute atomic E-state index is 0.0721. The topological polar surface area (TPSA) is 46.5 Å². The van der Waals surface area contributed by atoms with Crippen LogP contribution >= 0.6 is 0 Å². The van der Waals surface area contributed by atoms with Crippen LogP contribution in [0.3, 0.4) is 0 Å². The summed E-state index contributed by atoms with van der Waals surface area (Å²) < 4.78 is 4.59. The molecule has 2 atom stereocenters. The average Bonchev–Trinajstić information content (AvgIpc) is 2.13. The predicted molar refractivity (Wildman–Crippen MR) is 49.2 cm³/mol. The van der Waals surface area contributed by atoms with Crippen molar-refractivity contribution >= 4 is 5.97 Å². The number of allylic oxidation sites excluding steroid dienone is 1. The Hall–Kier alpha value is -0.990. The van der Waals surface area contributed by atoms with Crippen LogP contribution in [0.1, 0.15) is 26.7 Å². The van der Waals surface area contributed by atoms with Gasteiger partial charge >= 0.3 is 5.97 Å². The van der Waals surface area contributed by atoms with Gasteiger partial charge in [-0.2, -0.15) is 0 Å². The lowest BCUT2D eigenvalue weighted by Crippen LogP contribution is -2.22. The number of methoxy groups -OCH3 is 1. The monoisotopic (exact) mass is 184 g/mol. The summed E-state index contributed by atoms with van der Waals surface area (Å²) in [5.74, 6) is 0.332. The van der Waals surface area contributed by atoms with E-state index in [1.54, 1.807) is 0 Å². The number of hydrogen-bond acceptors (Lipinski definition) is 3. The van der Waals surface area contributed by atoms with Crippen molar-refractivity contribution in [2.75, 3.05) is 7.11 Å². The molecule has 0 saturated carbocycles. The van der Waals surface area contributed by atoms with E-state index in [9.17, 15) is 9.90 Å². The number of aliphatic hydroxyl groups is 1. The third-order valence-corrected chi connectivity index (χ3v) is 2.88. The van der Waals surface area contributed by atoms with Crippen LogP contribution in [-0.4, -0.2) is 18.2 Å². The molecule has 3 heteroatoms. The van der Waals surface area contributed by atoms with E-state index in [-0.39, 0.29) is 11.7 Å². The quantitative estimate of drug-likeness (QED) is 0.634. The second-order valence-electron chi connectivity index (χ2n) is 3.66. The molecule has 0 aromatic rings. The predicted octanol–water partition coefficient (Wildman–Crippen LogP) is 2.04. The van der Waals surface area contributed by atoms with Gasteiger partial charge in [0.25, 0.3) is 0 Å². The minimum Gasteiger partial charge on any atom is -0.511 e. The molecule has 0 radical (unpaired) electrons. The largest absolute Gasteiger partial charge is 0.511 e. The maximum Gasteiger partial charge on any atom is 0.337 e. The Bertz CT molecular complexity index is 243. The van der Waals surface area contributed by atoms with Gasteiger partial charge in [0.05, 0.1) is 12.7 Å². The van der Waals surface area contributed by atoms with Gasteiger partial charge in [0.2, 0.25) is 0 Å². The van der Waals surface area contributed by atoms with Crippen molar-refractivity contribution in [1.82, 2.24) is 0 Å². The van der Waals surface area contributed by atoms with Gasteiger partial charge in [-0.25, -0.2) is 4.79 Å². The zero-order valence-electron chi connectivity index (χ0n) is 8.33. The molecule has 0 saturated heterocycles. The van der Waals surface area contributed by atoms with Gasteiger partial charge in [0.15, 0.2) is 0 Å². The van der Waals surface area contributed by atoms with Gasteiger partial charge < -0.3 is 9.84 Å². The van der Waals surface area contributed by atoms with Crippen molar-refractivity contribution in [2.24, 2.45) is 11.8 Å². The minimum atomic E-state index is -0.392. The van der Waals surface area contributed by atoms with Gasteiger partial charge in [0.1, 0.15) is 5.76 Å². The van der Waals surface area contributed by atoms with E-state index in [0.717, 1.165) is 6.42 Å². The highest BCUT2D eigenvalue weighted by Crippen LogP contribution is 2.33. The summed E-state index contributed by atoms with van der Waals surface area (Å²) in [4.78, 5) is 11.2. The highest BCUT2D eigenvalue weighted by Gasteiger charge is 2.28. The summed E-state index contributed by atoms with van der Waals surface area (Å²) in [6, 6.07) is 0. The molecule has 1 aliphatic rings. The molecule has 0 aromatic heterocycles. The van der Waals surface area contributed by atoms with Crippen LogP contribution in [0.2, 0.25) is 0 Å². The number of carbonyl (C=O) groups is 1. The molecule has 1 rings (SSSR count). The molecule has 0 bridgehead atoms. The molecule has 0 fully saturated rings. The summed E-state index contributed by atoms with van der Waals surface area (Å²) in [6.07, 6.45) is 1.57. The number of esters is 1. The van der Waals surface area contributed by atoms with Gasteiger partial charge in [-0.3, -0.25) is 0 Å². The standard InChI is InChI=1S/C10H16O3/c1-6-4-5-8(10(12)13-3)9(11)7(6)2/h6-7,11H,4-5H2,1-3H3/t6-,7+/m1/s1. The average molecular weight is 184 g/mol. The van der Waals surface area contributed by atoms with Crippen LogP contribution < -0.4 is 0 Å². The SMILES string of the molecule is COC(=O)C1=C(O)[C@@H](C)[C@H](C)CC1. The highest BCUT2D eigenvalue weighted by molar-refractivity contribution is 5.89. The number of aliphatic hydroxyl groups excluding tert-OH is 1. The van der Waals surface area contributed by atoms with Crippen LogP contribution in [0.25, 0.3) is 0 Å². The number of ether oxygens (including phenoxy) is 1. The van der Waals surface area contributed by atoms with Gasteiger partial charge in [-0.1, -0.05) is 13.8 Å². The Balaban J connectivity index is 2.90. The van der Waals surface area contributed by atoms with Crippen molar-refractivity contribution in [1.29, 1.82) is 0 Å². The Kier molecular flexibility index (Phi) is 2.96. The lowest BCUT2D eigenvalue weighted by molar-refractivity contribution is -0.136. The zero-order valence-corrected chi connectivity index (χ0v) is 8.33. The van der Waals surface area contributed by atoms with Crippen molar-refractivity contribution in [3.8, 4) is 0 Å². The van der Waals surface area contributed by atoms with Crippen molar-refractivity contribution < 1.29 is 14.6 Å². The molecular weight excluding hydrogens is 168 g/mol. The Morgan fingerprint density at radius 3 is 2.69 bits per heavy atom. The number of hydrogen-bond donors (Lipinski definition) is 1. The first-order valence-electron chi connectivity index (χ1n) is 4.58. The van der Waals surface area contributed by atoms with E-state index >= 15 is 0 Å². The third kappa shape index (κ3) is 1.85. The molecule has 0 amide bonds. The Morgan fingerprint density at radius 2 is 2.15 bits per heavy atom. The van der Waals surface area contributed by atoms with E-state index in [1.807, 2.05) is 6.92 Å². The first kappa shape index (κ1) is 10.1. The molecule has 0 aliphatic heterocycles. The van der Waals surface area contributed by atoms with Gasteiger partial charge in [-0.05, 0) is 18.8 Å². The fourth-order valence-corrected chi connectivity index (χ4v) is 1.62. The maximum absolute atomic E-state index is 11.2. The highest BCUT2D eigenvalue weighted by atomic mass is 16.5. The van der Waals surface area contributed by atoms with Gasteiger partial charge in [0, 0.05) is 5.92 Å². The van der Waals surface area contributed by atoms with Crippen molar-refractivity contribution in [3.05, 3.63) is 11.3 Å². The van der Waals surface area contributed by atoms with Crippen LogP contribution in [0.15, 0.2) is 11.3 Å². The molecule has 13 heavy (non-hydrogen) atoms. The number of carbonyl (C=O) groups excluding carboxylic acids is 1. The Labute approximate surface area is 78.4 Å². The normalized spacial score (nSPS) is 28.8. The van der Waals surface area contributed by atoms with Crippen LogP contribution in [0.5, 0.6) is 0 Å². The van der Waals surface area contributed by atoms with E-state index in [2.05, 4.69) is 11.7 Å². The van der Waals surface area contributed by atoms with Crippen LogP contribution in [0, 0.1) is 11.8 Å². The van der Waals surface area contributed by atoms with Gasteiger partial charge in [-0.15, -0.1) is 0 Å². The summed E-state index contributed by atoms with van der Waals surface area (Å²) in [5.41, 5.74) is 0.452. The third-order valence-electron chi connectivity index (χ3n) is 2.88. The first-order valence-corrected chi connectivity index (χ1v) is 4.58. The van der Waals surface area contributed by atoms with E-state index in [1.165, 1.54) is 7.11 Å². The molecular formula is C10H16O3. The fraction of sp³-hybridized carbons (Fsp3) is 0.700. The van der Waals surface area contributed by atoms with Crippen molar-refractivity contribution in [3.63, 3.8) is 0 Å². The molecule has 3 nitrogen and oxygen atoms in total. The summed E-state index contributed by atoms with van der Waals surface area (Å²) in [5, 5.41) is 9.69. The van der Waals surface area contributed by atoms with Crippen LogP contribution in [-0.2, 0) is 9.53 Å². The molecule has 0 spiro atoms. The summed E-state index contributed by atoms with van der Waals surface area (Å²) >= 11 is 0. The first-order chi connectivity index (χ1) is 6.07. The second-order valence-corrected chi connectivity index (χ2v) is 3.66. The second kappa shape index (κ2) is 3.81. The summed E-state index contributed by atoms with van der Waals surface area (Å²) in [6.45, 7) is 4.01. The lowest BCUT2D eigenvalue weighted by Gasteiger charge is -2.26. The molecule has 74 valence electrons. The Morgan fingerprint density at radius 1 is 1.54 bits per heavy atom. The molecule has 1 aliphatic carbocycles. The maximum atomic E-state index is 11.2. The fourth-order valence-electron chi connectivity index (χ4n) is 1.62. The summed E-state index contributed by atoms with van der Waals surface area (Å²) in [7, 11) is 1.34. The zero-order chi connectivity index (χ0) is 10.0. The van der Waals surface area contributed by atoms with E-state index < -0.39 is 5.97 Å². The molecule has 0 heterocycles. The molecule has 1 N–H and O–H groups in total. The lowest BCUT2D eigenvalue weighted by atomic mass is 9.81. The molecule has 0 aromatic carbocycles.